The van der Waals surface area contributed by atoms with Gasteiger partial charge < -0.3 is 0 Å². The Hall–Kier alpha value is -5.72. The summed E-state index contributed by atoms with van der Waals surface area (Å²) in [5.41, 5.74) is 10.6. The van der Waals surface area contributed by atoms with Crippen LogP contribution in [0.15, 0.2) is 146 Å². The Labute approximate surface area is 273 Å². The van der Waals surface area contributed by atoms with Crippen molar-refractivity contribution < 1.29 is 0 Å². The van der Waals surface area contributed by atoms with Crippen molar-refractivity contribution in [1.29, 1.82) is 0 Å². The van der Waals surface area contributed by atoms with Crippen LogP contribution in [0.25, 0.3) is 98.0 Å². The molecular formula is C47H30. The maximum absolute atomic E-state index is 2.46. The van der Waals surface area contributed by atoms with Crippen LogP contribution in [-0.4, -0.2) is 0 Å². The molecule has 0 spiro atoms. The third-order valence-electron chi connectivity index (χ3n) is 11.4. The van der Waals surface area contributed by atoms with Crippen molar-refractivity contribution in [1.82, 2.24) is 0 Å². The number of benzene rings is 10. The molecule has 0 heteroatoms. The molecule has 10 aromatic carbocycles. The van der Waals surface area contributed by atoms with Gasteiger partial charge in [0.25, 0.3) is 0 Å². The van der Waals surface area contributed by atoms with E-state index in [9.17, 15) is 0 Å². The summed E-state index contributed by atoms with van der Waals surface area (Å²) in [5.74, 6) is 0. The van der Waals surface area contributed by atoms with E-state index in [0.29, 0.717) is 0 Å². The van der Waals surface area contributed by atoms with E-state index in [1.54, 1.807) is 0 Å². The van der Waals surface area contributed by atoms with Crippen LogP contribution < -0.4 is 0 Å². The molecule has 47 heavy (non-hydrogen) atoms. The van der Waals surface area contributed by atoms with Gasteiger partial charge in [0.1, 0.15) is 0 Å². The summed E-state index contributed by atoms with van der Waals surface area (Å²) in [6.07, 6.45) is 0. The fourth-order valence-electron chi connectivity index (χ4n) is 9.08. The Morgan fingerprint density at radius 2 is 0.681 bits per heavy atom. The molecule has 0 saturated heterocycles. The van der Waals surface area contributed by atoms with Crippen molar-refractivity contribution in [2.45, 2.75) is 19.3 Å². The van der Waals surface area contributed by atoms with Gasteiger partial charge in [-0.3, -0.25) is 0 Å². The first-order valence-electron chi connectivity index (χ1n) is 16.7. The van der Waals surface area contributed by atoms with E-state index in [4.69, 9.17) is 0 Å². The van der Waals surface area contributed by atoms with Crippen LogP contribution in [0.3, 0.4) is 0 Å². The zero-order valence-electron chi connectivity index (χ0n) is 26.4. The van der Waals surface area contributed by atoms with E-state index in [1.807, 2.05) is 0 Å². The molecule has 0 amide bonds. The van der Waals surface area contributed by atoms with E-state index in [-0.39, 0.29) is 5.41 Å². The fourth-order valence-corrected chi connectivity index (χ4v) is 9.08. The van der Waals surface area contributed by atoms with Crippen LogP contribution in [0.5, 0.6) is 0 Å². The van der Waals surface area contributed by atoms with Gasteiger partial charge in [0.15, 0.2) is 0 Å². The predicted octanol–water partition coefficient (Wildman–Crippen LogP) is 13.1. The second-order valence-electron chi connectivity index (χ2n) is 14.1. The molecule has 1 aliphatic rings. The third-order valence-corrected chi connectivity index (χ3v) is 11.4. The molecule has 0 radical (unpaired) electrons. The SMILES string of the molecule is CC1(C)c2ccc(-c3ccc4ccc5cccc6ccc3c4c56)cc2-c2cc(-c3ccc4ccc5cccc6ccc3c4c56)ccc21. The van der Waals surface area contributed by atoms with Gasteiger partial charge >= 0.3 is 0 Å². The van der Waals surface area contributed by atoms with E-state index >= 15 is 0 Å². The molecule has 0 heterocycles. The molecule has 218 valence electrons. The van der Waals surface area contributed by atoms with Crippen LogP contribution >= 0.6 is 0 Å². The second kappa shape index (κ2) is 8.75. The highest BCUT2D eigenvalue weighted by Gasteiger charge is 2.36. The predicted molar refractivity (Wildman–Crippen MR) is 202 cm³/mol. The van der Waals surface area contributed by atoms with Gasteiger partial charge in [-0.25, -0.2) is 0 Å². The maximum Gasteiger partial charge on any atom is 0.0158 e. The lowest BCUT2D eigenvalue weighted by Gasteiger charge is -2.22. The Morgan fingerprint density at radius 1 is 0.319 bits per heavy atom. The Morgan fingerprint density at radius 3 is 1.11 bits per heavy atom. The molecule has 0 fully saturated rings. The molecule has 11 rings (SSSR count). The van der Waals surface area contributed by atoms with Gasteiger partial charge in [0.05, 0.1) is 0 Å². The zero-order valence-corrected chi connectivity index (χ0v) is 26.4. The zero-order chi connectivity index (χ0) is 31.0. The minimum absolute atomic E-state index is 0.0625. The summed E-state index contributed by atoms with van der Waals surface area (Å²) in [4.78, 5) is 0. The van der Waals surface area contributed by atoms with Crippen LogP contribution in [0.1, 0.15) is 25.0 Å². The van der Waals surface area contributed by atoms with Crippen molar-refractivity contribution in [3.8, 4) is 33.4 Å². The first kappa shape index (κ1) is 25.5. The quantitative estimate of drug-likeness (QED) is 0.175. The highest BCUT2D eigenvalue weighted by molar-refractivity contribution is 6.26. The molecule has 0 nitrogen and oxygen atoms in total. The highest BCUT2D eigenvalue weighted by Crippen LogP contribution is 2.52. The van der Waals surface area contributed by atoms with E-state index in [1.165, 1.54) is 109 Å². The smallest absolute Gasteiger partial charge is 0.0158 e. The molecule has 0 unspecified atom stereocenters. The standard InChI is InChI=1S/C47H30/c1-47(2)41-23-17-33(35-19-13-31-11-9-27-5-3-7-29-15-21-37(35)45(31)43(27)29)25-39(41)40-26-34(18-24-42(40)47)36-20-14-32-12-10-28-6-4-8-30-16-22-38(36)46(32)44(28)30/h3-26H,1-2H3. The average Bonchev–Trinajstić information content (AvgIpc) is 3.34. The lowest BCUT2D eigenvalue weighted by Crippen LogP contribution is -2.14. The largest absolute Gasteiger partial charge is 0.0610 e. The van der Waals surface area contributed by atoms with Crippen molar-refractivity contribution in [3.63, 3.8) is 0 Å². The van der Waals surface area contributed by atoms with Crippen LogP contribution in [0.2, 0.25) is 0 Å². The molecule has 0 N–H and O–H groups in total. The summed E-state index contributed by atoms with van der Waals surface area (Å²) in [7, 11) is 0. The lowest BCUT2D eigenvalue weighted by molar-refractivity contribution is 0.660. The number of hydrogen-bond donors (Lipinski definition) is 0. The van der Waals surface area contributed by atoms with Gasteiger partial charge in [-0.2, -0.15) is 0 Å². The van der Waals surface area contributed by atoms with Crippen LogP contribution in [0.4, 0.5) is 0 Å². The first-order chi connectivity index (χ1) is 23.0. The maximum atomic E-state index is 2.46. The minimum atomic E-state index is -0.0625. The topological polar surface area (TPSA) is 0 Å². The number of rotatable bonds is 2. The van der Waals surface area contributed by atoms with Gasteiger partial charge in [0, 0.05) is 5.41 Å². The molecule has 0 aliphatic heterocycles. The monoisotopic (exact) mass is 594 g/mol. The molecule has 0 aromatic heterocycles. The summed E-state index contributed by atoms with van der Waals surface area (Å²) in [6.45, 7) is 4.76. The summed E-state index contributed by atoms with van der Waals surface area (Å²) in [5, 5.41) is 16.0. The van der Waals surface area contributed by atoms with Crippen molar-refractivity contribution in [2.75, 3.05) is 0 Å². The number of fused-ring (bicyclic) bond motifs is 3. The Bertz CT molecular complexity index is 2690. The van der Waals surface area contributed by atoms with Crippen molar-refractivity contribution in [2.24, 2.45) is 0 Å². The van der Waals surface area contributed by atoms with Crippen LogP contribution in [0, 0.1) is 0 Å². The van der Waals surface area contributed by atoms with E-state index in [2.05, 4.69) is 159 Å². The Kier molecular flexibility index (Phi) is 4.74. The van der Waals surface area contributed by atoms with Gasteiger partial charge in [0.2, 0.25) is 0 Å². The average molecular weight is 595 g/mol. The van der Waals surface area contributed by atoms with E-state index < -0.39 is 0 Å². The van der Waals surface area contributed by atoms with Gasteiger partial charge in [-0.05, 0) is 121 Å². The molecular weight excluding hydrogens is 565 g/mol. The van der Waals surface area contributed by atoms with Crippen LogP contribution in [-0.2, 0) is 5.41 Å². The molecule has 10 aromatic rings. The summed E-state index contributed by atoms with van der Waals surface area (Å²) >= 11 is 0. The first-order valence-corrected chi connectivity index (χ1v) is 16.7. The third kappa shape index (κ3) is 3.27. The molecule has 0 atom stereocenters. The minimum Gasteiger partial charge on any atom is -0.0610 e. The molecule has 1 aliphatic carbocycles. The normalized spacial score (nSPS) is 13.9. The van der Waals surface area contributed by atoms with Gasteiger partial charge in [-0.15, -0.1) is 0 Å². The lowest BCUT2D eigenvalue weighted by atomic mass is 9.81. The fraction of sp³-hybridized carbons (Fsp3) is 0.0638. The van der Waals surface area contributed by atoms with Gasteiger partial charge in [-0.1, -0.05) is 147 Å². The van der Waals surface area contributed by atoms with Crippen molar-refractivity contribution in [3.05, 3.63) is 157 Å². The van der Waals surface area contributed by atoms with Crippen molar-refractivity contribution >= 4 is 64.6 Å². The summed E-state index contributed by atoms with van der Waals surface area (Å²) < 4.78 is 0. The summed E-state index contributed by atoms with van der Waals surface area (Å²) in [6, 6.07) is 55.3. The second-order valence-corrected chi connectivity index (χ2v) is 14.1. The molecule has 0 saturated carbocycles. The Balaban J connectivity index is 1.12. The molecule has 0 bridgehead atoms. The highest BCUT2D eigenvalue weighted by atomic mass is 14.4. The number of hydrogen-bond acceptors (Lipinski definition) is 0. The van der Waals surface area contributed by atoms with E-state index in [0.717, 1.165) is 0 Å².